The summed E-state index contributed by atoms with van der Waals surface area (Å²) < 4.78 is 1.16. The fourth-order valence-corrected chi connectivity index (χ4v) is 3.71. The standard InChI is InChI=1S/C16H26BrN3/c1-4-19(5-2)14-8-9-20(11-14)16-7-6-13(12(3)18)10-15(16)17/h6-7,10,12,14H,4-5,8-9,11,18H2,1-3H3/t12-,14?/m1/s1. The van der Waals surface area contributed by atoms with Crippen molar-refractivity contribution in [3.63, 3.8) is 0 Å². The van der Waals surface area contributed by atoms with Crippen molar-refractivity contribution in [1.29, 1.82) is 0 Å². The van der Waals surface area contributed by atoms with E-state index in [0.29, 0.717) is 6.04 Å². The summed E-state index contributed by atoms with van der Waals surface area (Å²) in [5, 5.41) is 0. The number of nitrogens with zero attached hydrogens (tertiary/aromatic N) is 2. The van der Waals surface area contributed by atoms with Gasteiger partial charge in [0, 0.05) is 29.6 Å². The van der Waals surface area contributed by atoms with E-state index in [1.807, 2.05) is 6.92 Å². The molecule has 1 aromatic rings. The summed E-state index contributed by atoms with van der Waals surface area (Å²) in [6.07, 6.45) is 1.25. The van der Waals surface area contributed by atoms with E-state index in [-0.39, 0.29) is 6.04 Å². The summed E-state index contributed by atoms with van der Waals surface area (Å²) >= 11 is 3.71. The van der Waals surface area contributed by atoms with Crippen LogP contribution in [0.5, 0.6) is 0 Å². The Morgan fingerprint density at radius 1 is 1.40 bits per heavy atom. The molecular formula is C16H26BrN3. The van der Waals surface area contributed by atoms with Crippen LogP contribution in [-0.4, -0.2) is 37.1 Å². The van der Waals surface area contributed by atoms with Crippen molar-refractivity contribution in [2.24, 2.45) is 5.73 Å². The second-order valence-electron chi connectivity index (χ2n) is 5.61. The van der Waals surface area contributed by atoms with Crippen LogP contribution in [0.1, 0.15) is 38.8 Å². The van der Waals surface area contributed by atoms with Crippen LogP contribution in [0, 0.1) is 0 Å². The summed E-state index contributed by atoms with van der Waals surface area (Å²) in [5.41, 5.74) is 8.42. The first-order valence-electron chi connectivity index (χ1n) is 7.60. The van der Waals surface area contributed by atoms with Crippen molar-refractivity contribution in [1.82, 2.24) is 4.90 Å². The molecular weight excluding hydrogens is 314 g/mol. The van der Waals surface area contributed by atoms with Crippen molar-refractivity contribution in [2.75, 3.05) is 31.1 Å². The first-order chi connectivity index (χ1) is 9.56. The highest BCUT2D eigenvalue weighted by molar-refractivity contribution is 9.10. The molecule has 0 saturated carbocycles. The summed E-state index contributed by atoms with van der Waals surface area (Å²) in [6, 6.07) is 7.28. The van der Waals surface area contributed by atoms with E-state index < -0.39 is 0 Å². The number of likely N-dealkylation sites (N-methyl/N-ethyl adjacent to an activating group) is 1. The Hall–Kier alpha value is -0.580. The number of hydrogen-bond donors (Lipinski definition) is 1. The topological polar surface area (TPSA) is 32.5 Å². The lowest BCUT2D eigenvalue weighted by Gasteiger charge is -2.27. The Bertz CT molecular complexity index is 443. The first kappa shape index (κ1) is 15.8. The van der Waals surface area contributed by atoms with Crippen molar-refractivity contribution in [2.45, 2.75) is 39.3 Å². The van der Waals surface area contributed by atoms with Crippen LogP contribution in [0.15, 0.2) is 22.7 Å². The van der Waals surface area contributed by atoms with Gasteiger partial charge in [0.05, 0.1) is 5.69 Å². The van der Waals surface area contributed by atoms with Crippen LogP contribution in [0.3, 0.4) is 0 Å². The molecule has 1 unspecified atom stereocenters. The maximum atomic E-state index is 5.94. The molecule has 0 bridgehead atoms. The third-order valence-electron chi connectivity index (χ3n) is 4.33. The summed E-state index contributed by atoms with van der Waals surface area (Å²) in [4.78, 5) is 5.04. The van der Waals surface area contributed by atoms with Gasteiger partial charge < -0.3 is 10.6 Å². The molecule has 1 fully saturated rings. The van der Waals surface area contributed by atoms with Crippen LogP contribution in [0.2, 0.25) is 0 Å². The van der Waals surface area contributed by atoms with Gasteiger partial charge in [-0.3, -0.25) is 4.90 Å². The van der Waals surface area contributed by atoms with Gasteiger partial charge in [-0.2, -0.15) is 0 Å². The van der Waals surface area contributed by atoms with Crippen molar-refractivity contribution in [3.8, 4) is 0 Å². The van der Waals surface area contributed by atoms with Crippen molar-refractivity contribution < 1.29 is 0 Å². The number of benzene rings is 1. The largest absolute Gasteiger partial charge is 0.369 e. The third kappa shape index (κ3) is 3.35. The molecule has 2 atom stereocenters. The average molecular weight is 340 g/mol. The highest BCUT2D eigenvalue weighted by atomic mass is 79.9. The van der Waals surface area contributed by atoms with Gasteiger partial charge in [0.15, 0.2) is 0 Å². The Balaban J connectivity index is 2.10. The Morgan fingerprint density at radius 3 is 2.65 bits per heavy atom. The molecule has 0 spiro atoms. The SMILES string of the molecule is CCN(CC)C1CCN(c2ccc([C@@H](C)N)cc2Br)C1. The lowest BCUT2D eigenvalue weighted by atomic mass is 10.1. The first-order valence-corrected chi connectivity index (χ1v) is 8.40. The summed E-state index contributed by atoms with van der Waals surface area (Å²) in [5.74, 6) is 0. The molecule has 0 aliphatic carbocycles. The van der Waals surface area contributed by atoms with Crippen molar-refractivity contribution in [3.05, 3.63) is 28.2 Å². The zero-order valence-electron chi connectivity index (χ0n) is 12.8. The highest BCUT2D eigenvalue weighted by Crippen LogP contribution is 2.32. The van der Waals surface area contributed by atoms with Crippen LogP contribution in [-0.2, 0) is 0 Å². The number of hydrogen-bond acceptors (Lipinski definition) is 3. The van der Waals surface area contributed by atoms with Gasteiger partial charge in [0.2, 0.25) is 0 Å². The van der Waals surface area contributed by atoms with Crippen LogP contribution in [0.4, 0.5) is 5.69 Å². The maximum absolute atomic E-state index is 5.94. The Labute approximate surface area is 131 Å². The minimum absolute atomic E-state index is 0.0855. The maximum Gasteiger partial charge on any atom is 0.0511 e. The van der Waals surface area contributed by atoms with Gasteiger partial charge >= 0.3 is 0 Å². The van der Waals surface area contributed by atoms with Gasteiger partial charge in [-0.15, -0.1) is 0 Å². The minimum atomic E-state index is 0.0855. The van der Waals surface area contributed by atoms with E-state index >= 15 is 0 Å². The number of halogens is 1. The van der Waals surface area contributed by atoms with E-state index in [4.69, 9.17) is 5.73 Å². The van der Waals surface area contributed by atoms with E-state index in [1.165, 1.54) is 17.7 Å². The predicted molar refractivity (Wildman–Crippen MR) is 90.3 cm³/mol. The molecule has 1 heterocycles. The molecule has 0 radical (unpaired) electrons. The van der Waals surface area contributed by atoms with Gasteiger partial charge in [-0.05, 0) is 60.1 Å². The van der Waals surface area contributed by atoms with Crippen LogP contribution >= 0.6 is 15.9 Å². The second kappa shape index (κ2) is 6.92. The number of anilines is 1. The van der Waals surface area contributed by atoms with Crippen LogP contribution in [0.25, 0.3) is 0 Å². The zero-order chi connectivity index (χ0) is 14.7. The van der Waals surface area contributed by atoms with E-state index in [1.54, 1.807) is 0 Å². The second-order valence-corrected chi connectivity index (χ2v) is 6.46. The van der Waals surface area contributed by atoms with Gasteiger partial charge in [0.25, 0.3) is 0 Å². The smallest absolute Gasteiger partial charge is 0.0511 e. The highest BCUT2D eigenvalue weighted by Gasteiger charge is 2.27. The third-order valence-corrected chi connectivity index (χ3v) is 4.97. The monoisotopic (exact) mass is 339 g/mol. The molecule has 1 aliphatic rings. The van der Waals surface area contributed by atoms with Crippen LogP contribution < -0.4 is 10.6 Å². The number of nitrogens with two attached hydrogens (primary N) is 1. The molecule has 2 N–H and O–H groups in total. The lowest BCUT2D eigenvalue weighted by molar-refractivity contribution is 0.232. The molecule has 0 amide bonds. The van der Waals surface area contributed by atoms with Gasteiger partial charge in [0.1, 0.15) is 0 Å². The quantitative estimate of drug-likeness (QED) is 0.892. The van der Waals surface area contributed by atoms with E-state index in [9.17, 15) is 0 Å². The molecule has 112 valence electrons. The van der Waals surface area contributed by atoms with Crippen molar-refractivity contribution >= 4 is 21.6 Å². The molecule has 0 aromatic heterocycles. The lowest BCUT2D eigenvalue weighted by Crippen LogP contribution is -2.37. The molecule has 20 heavy (non-hydrogen) atoms. The number of rotatable bonds is 5. The molecule has 3 nitrogen and oxygen atoms in total. The summed E-state index contributed by atoms with van der Waals surface area (Å²) in [6.45, 7) is 11.1. The zero-order valence-corrected chi connectivity index (χ0v) is 14.4. The normalized spacial score (nSPS) is 20.7. The molecule has 4 heteroatoms. The predicted octanol–water partition coefficient (Wildman–Crippen LogP) is 3.39. The molecule has 2 rings (SSSR count). The molecule has 1 aliphatic heterocycles. The Morgan fingerprint density at radius 2 is 2.10 bits per heavy atom. The van der Waals surface area contributed by atoms with E-state index in [0.717, 1.165) is 30.7 Å². The minimum Gasteiger partial charge on any atom is -0.369 e. The summed E-state index contributed by atoms with van der Waals surface area (Å²) in [7, 11) is 0. The molecule has 1 saturated heterocycles. The fourth-order valence-electron chi connectivity index (χ4n) is 3.06. The Kier molecular flexibility index (Phi) is 5.47. The molecule has 1 aromatic carbocycles. The fraction of sp³-hybridized carbons (Fsp3) is 0.625. The average Bonchev–Trinajstić information content (AvgIpc) is 2.89. The van der Waals surface area contributed by atoms with E-state index in [2.05, 4.69) is 57.8 Å². The van der Waals surface area contributed by atoms with Gasteiger partial charge in [-0.1, -0.05) is 19.9 Å². The van der Waals surface area contributed by atoms with Gasteiger partial charge in [-0.25, -0.2) is 0 Å².